The molecule has 0 N–H and O–H groups in total. The second-order valence-corrected chi connectivity index (χ2v) is 2.18. The number of hydrogen-bond donors (Lipinski definition) is 0. The Balaban J connectivity index is 0.000000640. The average molecular weight is 116 g/mol. The summed E-state index contributed by atoms with van der Waals surface area (Å²) in [4.78, 5) is 0. The van der Waals surface area contributed by atoms with E-state index in [1.807, 2.05) is 13.0 Å². The summed E-state index contributed by atoms with van der Waals surface area (Å²) in [6.45, 7) is 2.04. The molecule has 1 nitrogen and oxygen atoms in total. The molecule has 1 rings (SSSR count). The Bertz CT molecular complexity index is 138. The molecule has 0 aromatic carbocycles. The van der Waals surface area contributed by atoms with Crippen LogP contribution in [0.5, 0.6) is 0 Å². The molecule has 0 radical (unpaired) electrons. The quantitative estimate of drug-likeness (QED) is 0.330. The first-order chi connectivity index (χ1) is 3.79. The minimum atomic E-state index is 0. The van der Waals surface area contributed by atoms with E-state index >= 15 is 0 Å². The normalized spacial score (nSPS) is 24.6. The maximum Gasteiger partial charge on any atom is 1.00 e. The first-order valence-electron chi connectivity index (χ1n) is 2.84. The zero-order valence-corrected chi connectivity index (χ0v) is 5.92. The van der Waals surface area contributed by atoms with Crippen molar-refractivity contribution in [1.29, 1.82) is 0 Å². The van der Waals surface area contributed by atoms with E-state index in [0.29, 0.717) is 5.92 Å². The van der Waals surface area contributed by atoms with Gasteiger partial charge in [-0.05, 0) is 12.3 Å². The van der Waals surface area contributed by atoms with Crippen LogP contribution in [-0.2, 0) is 0 Å². The van der Waals surface area contributed by atoms with Gasteiger partial charge in [0.1, 0.15) is 0 Å². The fourth-order valence-corrected chi connectivity index (χ4v) is 0.803. The second-order valence-electron chi connectivity index (χ2n) is 2.18. The largest absolute Gasteiger partial charge is 1.00 e. The molecule has 1 unspecified atom stereocenters. The molecule has 0 amide bonds. The smallest absolute Gasteiger partial charge is 0.873 e. The minimum Gasteiger partial charge on any atom is -0.873 e. The summed E-state index contributed by atoms with van der Waals surface area (Å²) in [5.41, 5.74) is 0. The maximum atomic E-state index is 10.5. The Morgan fingerprint density at radius 2 is 2.33 bits per heavy atom. The van der Waals surface area contributed by atoms with E-state index < -0.39 is 0 Å². The third kappa shape index (κ3) is 2.79. The van der Waals surface area contributed by atoms with E-state index in [1.165, 1.54) is 0 Å². The molecular weight excluding hydrogens is 107 g/mol. The number of hydrogen-bond acceptors (Lipinski definition) is 1. The van der Waals surface area contributed by atoms with Crippen molar-refractivity contribution in [3.8, 4) is 0 Å². The van der Waals surface area contributed by atoms with E-state index in [4.69, 9.17) is 0 Å². The van der Waals surface area contributed by atoms with Crippen molar-refractivity contribution < 1.29 is 24.0 Å². The van der Waals surface area contributed by atoms with Crippen LogP contribution in [0.1, 0.15) is 13.3 Å². The molecule has 2 heteroatoms. The van der Waals surface area contributed by atoms with Crippen LogP contribution < -0.4 is 24.0 Å². The third-order valence-corrected chi connectivity index (χ3v) is 1.24. The van der Waals surface area contributed by atoms with Gasteiger partial charge >= 0.3 is 18.9 Å². The van der Waals surface area contributed by atoms with Gasteiger partial charge in [-0.1, -0.05) is 25.2 Å². The molecule has 44 valence electrons. The summed E-state index contributed by atoms with van der Waals surface area (Å²) in [7, 11) is 0. The third-order valence-electron chi connectivity index (χ3n) is 1.24. The molecule has 0 heterocycles. The van der Waals surface area contributed by atoms with Crippen LogP contribution in [0.3, 0.4) is 0 Å². The van der Waals surface area contributed by atoms with Gasteiger partial charge in [0.2, 0.25) is 0 Å². The van der Waals surface area contributed by atoms with Crippen LogP contribution in [0, 0.1) is 5.92 Å². The summed E-state index contributed by atoms with van der Waals surface area (Å²) in [6.07, 6.45) is 6.32. The van der Waals surface area contributed by atoms with Crippen molar-refractivity contribution in [1.82, 2.24) is 0 Å². The predicted octanol–water partition coefficient (Wildman–Crippen LogP) is -2.17. The van der Waals surface area contributed by atoms with Crippen molar-refractivity contribution in [2.75, 3.05) is 0 Å². The van der Waals surface area contributed by atoms with Crippen LogP contribution in [0.4, 0.5) is 0 Å². The van der Waals surface area contributed by atoms with Crippen molar-refractivity contribution in [3.05, 3.63) is 24.0 Å². The van der Waals surface area contributed by atoms with Crippen molar-refractivity contribution in [2.45, 2.75) is 13.3 Å². The molecule has 0 spiro atoms. The molecule has 0 aromatic heterocycles. The number of rotatable bonds is 0. The molecule has 0 aromatic rings. The average Bonchev–Trinajstić information content (AvgIpc) is 1.64. The van der Waals surface area contributed by atoms with Crippen molar-refractivity contribution in [3.63, 3.8) is 0 Å². The van der Waals surface area contributed by atoms with E-state index in [1.54, 1.807) is 12.2 Å². The molecule has 0 fully saturated rings. The molecule has 1 aliphatic carbocycles. The van der Waals surface area contributed by atoms with Crippen LogP contribution in [-0.4, -0.2) is 0 Å². The van der Waals surface area contributed by atoms with E-state index in [-0.39, 0.29) is 24.6 Å². The monoisotopic (exact) mass is 116 g/mol. The van der Waals surface area contributed by atoms with Crippen molar-refractivity contribution >= 4 is 0 Å². The Morgan fingerprint density at radius 3 is 2.67 bits per heavy atom. The minimum absolute atomic E-state index is 0. The van der Waals surface area contributed by atoms with Gasteiger partial charge in [0.05, 0.1) is 0 Å². The van der Waals surface area contributed by atoms with E-state index in [0.717, 1.165) is 6.42 Å². The topological polar surface area (TPSA) is 23.1 Å². The van der Waals surface area contributed by atoms with Gasteiger partial charge in [-0.3, -0.25) is 0 Å². The zero-order chi connectivity index (χ0) is 5.98. The fourth-order valence-electron chi connectivity index (χ4n) is 0.803. The molecule has 0 saturated heterocycles. The van der Waals surface area contributed by atoms with Gasteiger partial charge in [-0.15, -0.1) is 5.76 Å². The van der Waals surface area contributed by atoms with Gasteiger partial charge in [0.15, 0.2) is 0 Å². The Kier molecular flexibility index (Phi) is 3.77. The van der Waals surface area contributed by atoms with Crippen LogP contribution in [0.2, 0.25) is 0 Å². The summed E-state index contributed by atoms with van der Waals surface area (Å²) in [5.74, 6) is 0.608. The molecule has 0 aliphatic heterocycles. The van der Waals surface area contributed by atoms with Crippen molar-refractivity contribution in [2.24, 2.45) is 5.92 Å². The van der Waals surface area contributed by atoms with Gasteiger partial charge in [0.25, 0.3) is 0 Å². The Morgan fingerprint density at radius 1 is 1.67 bits per heavy atom. The standard InChI is InChI=1S/C7H10O.Li/c1-6-3-2-4-7(8)5-6;/h2,4-6,8H,3H2,1H3;/q;+1/p-1. The van der Waals surface area contributed by atoms with Crippen LogP contribution in [0.15, 0.2) is 24.0 Å². The van der Waals surface area contributed by atoms with Gasteiger partial charge in [0, 0.05) is 0 Å². The summed E-state index contributed by atoms with van der Waals surface area (Å²) in [6, 6.07) is 0. The Hall–Kier alpha value is -0.123. The summed E-state index contributed by atoms with van der Waals surface area (Å²) < 4.78 is 0. The molecule has 1 atom stereocenters. The first-order valence-corrected chi connectivity index (χ1v) is 2.84. The SMILES string of the molecule is CC1C=C([O-])C=CC1.[Li+]. The Labute approximate surface area is 67.6 Å². The molecule has 1 aliphatic rings. The number of allylic oxidation sites excluding steroid dienone is 3. The molecular formula is C7H9LiO. The van der Waals surface area contributed by atoms with Gasteiger partial charge in [-0.25, -0.2) is 0 Å². The predicted molar refractivity (Wildman–Crippen MR) is 31.0 cm³/mol. The first kappa shape index (κ1) is 8.88. The van der Waals surface area contributed by atoms with Crippen LogP contribution in [0.25, 0.3) is 0 Å². The second kappa shape index (κ2) is 3.82. The zero-order valence-electron chi connectivity index (χ0n) is 5.92. The summed E-state index contributed by atoms with van der Waals surface area (Å²) in [5, 5.41) is 10.5. The fraction of sp³-hybridized carbons (Fsp3) is 0.429. The molecule has 0 bridgehead atoms. The van der Waals surface area contributed by atoms with Crippen LogP contribution >= 0.6 is 0 Å². The maximum absolute atomic E-state index is 10.5. The van der Waals surface area contributed by atoms with E-state index in [9.17, 15) is 5.11 Å². The van der Waals surface area contributed by atoms with E-state index in [2.05, 4.69) is 0 Å². The van der Waals surface area contributed by atoms with Gasteiger partial charge < -0.3 is 5.11 Å². The van der Waals surface area contributed by atoms with Gasteiger partial charge in [-0.2, -0.15) is 0 Å². The molecule has 0 saturated carbocycles. The summed E-state index contributed by atoms with van der Waals surface area (Å²) >= 11 is 0. The molecule has 9 heavy (non-hydrogen) atoms.